The smallest absolute Gasteiger partial charge is 0.345 e. The second kappa shape index (κ2) is 5.74. The summed E-state index contributed by atoms with van der Waals surface area (Å²) in [6.45, 7) is 3.72. The maximum absolute atomic E-state index is 12.5. The van der Waals surface area contributed by atoms with E-state index in [-0.39, 0.29) is 6.04 Å². The number of hydrogen-bond donors (Lipinski definition) is 1. The maximum Gasteiger partial charge on any atom is 0.434 e. The Morgan fingerprint density at radius 3 is 2.45 bits per heavy atom. The minimum atomic E-state index is -4.41. The molecule has 1 unspecified atom stereocenters. The number of thiazole rings is 1. The molecule has 2 rings (SSSR count). The number of hydrogen-bond acceptors (Lipinski definition) is 5. The first kappa shape index (κ1) is 14.7. The van der Waals surface area contributed by atoms with E-state index in [0.29, 0.717) is 17.4 Å². The van der Waals surface area contributed by atoms with Crippen LogP contribution in [0, 0.1) is 6.92 Å². The van der Waals surface area contributed by atoms with Crippen LogP contribution < -0.4 is 5.32 Å². The number of alkyl halides is 3. The molecule has 0 aliphatic carbocycles. The van der Waals surface area contributed by atoms with Crippen molar-refractivity contribution in [1.29, 1.82) is 0 Å². The number of nitrogens with one attached hydrogen (secondary N) is 1. The van der Waals surface area contributed by atoms with Crippen LogP contribution in [-0.4, -0.2) is 15.0 Å². The molecular weight excluding hydrogens is 289 g/mol. The first-order chi connectivity index (χ1) is 9.40. The Hall–Kier alpha value is -1.70. The molecule has 0 fully saturated rings. The largest absolute Gasteiger partial charge is 0.434 e. The highest BCUT2D eigenvalue weighted by atomic mass is 32.1. The predicted octanol–water partition coefficient (Wildman–Crippen LogP) is 3.82. The van der Waals surface area contributed by atoms with Crippen molar-refractivity contribution in [2.45, 2.75) is 32.5 Å². The molecule has 0 saturated carbocycles. The van der Waals surface area contributed by atoms with Gasteiger partial charge in [-0.1, -0.05) is 6.92 Å². The SMILES string of the molecule is CCC(Nc1ncc(C)cn1)c1nc(C(F)(F)F)cs1. The van der Waals surface area contributed by atoms with E-state index < -0.39 is 11.9 Å². The standard InChI is InChI=1S/C12H13F3N4S/c1-3-8(18-11-16-4-7(2)5-17-11)10-19-9(6-20-10)12(13,14)15/h4-6,8H,3H2,1-2H3,(H,16,17,18). The fraction of sp³-hybridized carbons (Fsp3) is 0.417. The average Bonchev–Trinajstić information content (AvgIpc) is 2.87. The van der Waals surface area contributed by atoms with E-state index in [1.807, 2.05) is 13.8 Å². The van der Waals surface area contributed by atoms with Crippen molar-refractivity contribution in [2.24, 2.45) is 0 Å². The molecule has 0 saturated heterocycles. The predicted molar refractivity (Wildman–Crippen MR) is 70.5 cm³/mol. The molecule has 0 radical (unpaired) electrons. The molecule has 2 aromatic rings. The molecule has 2 heterocycles. The molecule has 0 spiro atoms. The molecule has 0 aliphatic rings. The number of aromatic nitrogens is 3. The second-order valence-corrected chi connectivity index (χ2v) is 5.15. The molecule has 1 atom stereocenters. The molecule has 0 bridgehead atoms. The van der Waals surface area contributed by atoms with Gasteiger partial charge in [0.25, 0.3) is 0 Å². The third-order valence-corrected chi connectivity index (χ3v) is 3.56. The highest BCUT2D eigenvalue weighted by molar-refractivity contribution is 7.09. The fourth-order valence-electron chi connectivity index (χ4n) is 1.54. The van der Waals surface area contributed by atoms with E-state index >= 15 is 0 Å². The topological polar surface area (TPSA) is 50.7 Å². The van der Waals surface area contributed by atoms with Crippen molar-refractivity contribution in [3.05, 3.63) is 34.0 Å². The lowest BCUT2D eigenvalue weighted by Gasteiger charge is -2.14. The highest BCUT2D eigenvalue weighted by Gasteiger charge is 2.34. The van der Waals surface area contributed by atoms with Gasteiger partial charge >= 0.3 is 6.18 Å². The van der Waals surface area contributed by atoms with Crippen molar-refractivity contribution in [3.63, 3.8) is 0 Å². The molecule has 1 N–H and O–H groups in total. The van der Waals surface area contributed by atoms with Gasteiger partial charge < -0.3 is 5.32 Å². The van der Waals surface area contributed by atoms with Crippen molar-refractivity contribution in [2.75, 3.05) is 5.32 Å². The van der Waals surface area contributed by atoms with Gasteiger partial charge in [0.05, 0.1) is 6.04 Å². The summed E-state index contributed by atoms with van der Waals surface area (Å²) in [5.41, 5.74) is 0.0554. The summed E-state index contributed by atoms with van der Waals surface area (Å²) < 4.78 is 37.6. The van der Waals surface area contributed by atoms with Gasteiger partial charge in [0.15, 0.2) is 5.69 Å². The van der Waals surface area contributed by atoms with Gasteiger partial charge in [0, 0.05) is 17.8 Å². The van der Waals surface area contributed by atoms with E-state index in [1.165, 1.54) is 0 Å². The molecular formula is C12H13F3N4S. The van der Waals surface area contributed by atoms with Crippen LogP contribution in [0.4, 0.5) is 19.1 Å². The maximum atomic E-state index is 12.5. The summed E-state index contributed by atoms with van der Waals surface area (Å²) in [6, 6.07) is -0.334. The first-order valence-electron chi connectivity index (χ1n) is 5.98. The van der Waals surface area contributed by atoms with Crippen LogP contribution >= 0.6 is 11.3 Å². The molecule has 0 aromatic carbocycles. The van der Waals surface area contributed by atoms with E-state index in [1.54, 1.807) is 12.4 Å². The number of aryl methyl sites for hydroxylation is 1. The normalized spacial score (nSPS) is 13.2. The Kier molecular flexibility index (Phi) is 4.22. The number of rotatable bonds is 4. The van der Waals surface area contributed by atoms with Crippen LogP contribution in [0.15, 0.2) is 17.8 Å². The lowest BCUT2D eigenvalue weighted by Crippen LogP contribution is -2.13. The van der Waals surface area contributed by atoms with E-state index in [2.05, 4.69) is 20.3 Å². The third kappa shape index (κ3) is 3.44. The average molecular weight is 302 g/mol. The van der Waals surface area contributed by atoms with Gasteiger partial charge in [0.1, 0.15) is 5.01 Å². The summed E-state index contributed by atoms with van der Waals surface area (Å²) in [5, 5.41) is 4.40. The molecule has 8 heteroatoms. The van der Waals surface area contributed by atoms with Gasteiger partial charge in [-0.25, -0.2) is 15.0 Å². The minimum Gasteiger partial charge on any atom is -0.345 e. The van der Waals surface area contributed by atoms with E-state index in [9.17, 15) is 13.2 Å². The van der Waals surface area contributed by atoms with Crippen LogP contribution in [0.5, 0.6) is 0 Å². The van der Waals surface area contributed by atoms with Crippen LogP contribution in [-0.2, 0) is 6.18 Å². The Labute approximate surface area is 118 Å². The Morgan fingerprint density at radius 2 is 1.95 bits per heavy atom. The first-order valence-corrected chi connectivity index (χ1v) is 6.86. The zero-order valence-electron chi connectivity index (χ0n) is 10.9. The lowest BCUT2D eigenvalue weighted by molar-refractivity contribution is -0.140. The van der Waals surface area contributed by atoms with Crippen LogP contribution in [0.2, 0.25) is 0 Å². The zero-order valence-corrected chi connectivity index (χ0v) is 11.7. The number of nitrogens with zero attached hydrogens (tertiary/aromatic N) is 3. The molecule has 2 aromatic heterocycles. The zero-order chi connectivity index (χ0) is 14.8. The minimum absolute atomic E-state index is 0.334. The molecule has 20 heavy (non-hydrogen) atoms. The lowest BCUT2D eigenvalue weighted by atomic mass is 10.2. The third-order valence-electron chi connectivity index (χ3n) is 2.60. The van der Waals surface area contributed by atoms with E-state index in [0.717, 1.165) is 22.3 Å². The molecule has 108 valence electrons. The Balaban J connectivity index is 2.16. The van der Waals surface area contributed by atoms with Crippen LogP contribution in [0.1, 0.15) is 35.7 Å². The van der Waals surface area contributed by atoms with Gasteiger partial charge in [-0.15, -0.1) is 11.3 Å². The van der Waals surface area contributed by atoms with Gasteiger partial charge in [-0.2, -0.15) is 13.2 Å². The van der Waals surface area contributed by atoms with Crippen molar-refractivity contribution in [3.8, 4) is 0 Å². The van der Waals surface area contributed by atoms with Gasteiger partial charge in [-0.3, -0.25) is 0 Å². The van der Waals surface area contributed by atoms with Crippen molar-refractivity contribution >= 4 is 17.3 Å². The molecule has 0 aliphatic heterocycles. The van der Waals surface area contributed by atoms with Gasteiger partial charge in [-0.05, 0) is 18.9 Å². The summed E-state index contributed by atoms with van der Waals surface area (Å²) in [7, 11) is 0. The van der Waals surface area contributed by atoms with Crippen LogP contribution in [0.25, 0.3) is 0 Å². The number of halogens is 3. The number of anilines is 1. The summed E-state index contributed by atoms with van der Waals surface area (Å²) in [4.78, 5) is 11.8. The Bertz CT molecular complexity index is 565. The monoisotopic (exact) mass is 302 g/mol. The molecule has 0 amide bonds. The van der Waals surface area contributed by atoms with Gasteiger partial charge in [0.2, 0.25) is 5.95 Å². The highest BCUT2D eigenvalue weighted by Crippen LogP contribution is 2.33. The second-order valence-electron chi connectivity index (χ2n) is 4.26. The summed E-state index contributed by atoms with van der Waals surface area (Å²) in [5.74, 6) is 0.381. The van der Waals surface area contributed by atoms with Crippen molar-refractivity contribution < 1.29 is 13.2 Å². The van der Waals surface area contributed by atoms with Crippen LogP contribution in [0.3, 0.4) is 0 Å². The Morgan fingerprint density at radius 1 is 1.30 bits per heavy atom. The quantitative estimate of drug-likeness (QED) is 0.932. The summed E-state index contributed by atoms with van der Waals surface area (Å²) in [6.07, 6.45) is -0.536. The van der Waals surface area contributed by atoms with E-state index in [4.69, 9.17) is 0 Å². The molecule has 4 nitrogen and oxygen atoms in total. The summed E-state index contributed by atoms with van der Waals surface area (Å²) >= 11 is 0.982. The fourth-order valence-corrected chi connectivity index (χ4v) is 2.50. The van der Waals surface area contributed by atoms with Crippen molar-refractivity contribution in [1.82, 2.24) is 15.0 Å².